The molecule has 1 N–H and O–H groups in total. The second-order valence-electron chi connectivity index (χ2n) is 5.50. The second-order valence-corrected chi connectivity index (χ2v) is 6.32. The van der Waals surface area contributed by atoms with Crippen LogP contribution in [0.2, 0.25) is 0 Å². The standard InChI is InChI=1S/C20H17ClN2O2S/c1-2-25-17-10-8-16(9-11-17)23-19(24)18(22-20(23)26)13-15(21)12-14-6-4-3-5-7-14/h3-13H,2H2,1H3,(H,22,26)/b15-12-,18-13+. The van der Waals surface area contributed by atoms with Crippen LogP contribution in [0.25, 0.3) is 6.08 Å². The molecule has 1 saturated heterocycles. The molecule has 26 heavy (non-hydrogen) atoms. The summed E-state index contributed by atoms with van der Waals surface area (Å²) in [6, 6.07) is 16.8. The third-order valence-electron chi connectivity index (χ3n) is 3.67. The number of carbonyl (C=O) groups is 1. The second kappa shape index (κ2) is 8.17. The van der Waals surface area contributed by atoms with Crippen molar-refractivity contribution in [2.24, 2.45) is 0 Å². The van der Waals surface area contributed by atoms with Crippen LogP contribution in [-0.4, -0.2) is 17.6 Å². The van der Waals surface area contributed by atoms with Gasteiger partial charge in [-0.1, -0.05) is 41.9 Å². The number of nitrogens with one attached hydrogen (secondary N) is 1. The minimum Gasteiger partial charge on any atom is -0.494 e. The molecule has 132 valence electrons. The molecule has 0 spiro atoms. The van der Waals surface area contributed by atoms with Crippen molar-refractivity contribution in [2.75, 3.05) is 11.5 Å². The number of carbonyl (C=O) groups excluding carboxylic acids is 1. The summed E-state index contributed by atoms with van der Waals surface area (Å²) in [6.45, 7) is 2.50. The van der Waals surface area contributed by atoms with Crippen LogP contribution in [-0.2, 0) is 4.79 Å². The fraction of sp³-hybridized carbons (Fsp3) is 0.100. The normalized spacial score (nSPS) is 16.2. The predicted molar refractivity (Wildman–Crippen MR) is 109 cm³/mol. The molecule has 0 bridgehead atoms. The number of halogens is 1. The number of nitrogens with zero attached hydrogens (tertiary/aromatic N) is 1. The van der Waals surface area contributed by atoms with Gasteiger partial charge in [-0.25, -0.2) is 0 Å². The third-order valence-corrected chi connectivity index (χ3v) is 4.17. The SMILES string of the molecule is CCOc1ccc(N2C(=O)/C(=C\C(Cl)=C\c3ccccc3)NC2=S)cc1. The lowest BCUT2D eigenvalue weighted by molar-refractivity contribution is -0.113. The molecule has 3 rings (SSSR count). The molecule has 0 atom stereocenters. The fourth-order valence-corrected chi connectivity index (χ4v) is 3.05. The van der Waals surface area contributed by atoms with Crippen molar-refractivity contribution >= 4 is 46.6 Å². The average molecular weight is 385 g/mol. The monoisotopic (exact) mass is 384 g/mol. The summed E-state index contributed by atoms with van der Waals surface area (Å²) >= 11 is 11.6. The van der Waals surface area contributed by atoms with Crippen molar-refractivity contribution in [1.29, 1.82) is 0 Å². The Kier molecular flexibility index (Phi) is 5.71. The first kappa shape index (κ1) is 18.2. The van der Waals surface area contributed by atoms with Gasteiger partial charge in [-0.2, -0.15) is 0 Å². The molecule has 6 heteroatoms. The number of hydrogen-bond acceptors (Lipinski definition) is 3. The van der Waals surface area contributed by atoms with Crippen LogP contribution in [0.4, 0.5) is 5.69 Å². The summed E-state index contributed by atoms with van der Waals surface area (Å²) < 4.78 is 5.42. The van der Waals surface area contributed by atoms with Crippen LogP contribution in [0.5, 0.6) is 5.75 Å². The number of thiocarbonyl (C=S) groups is 1. The average Bonchev–Trinajstić information content (AvgIpc) is 2.90. The maximum atomic E-state index is 12.7. The van der Waals surface area contributed by atoms with Gasteiger partial charge in [0.1, 0.15) is 11.4 Å². The number of allylic oxidation sites excluding steroid dienone is 2. The summed E-state index contributed by atoms with van der Waals surface area (Å²) in [7, 11) is 0. The third kappa shape index (κ3) is 4.12. The summed E-state index contributed by atoms with van der Waals surface area (Å²) in [5.41, 5.74) is 1.95. The lowest BCUT2D eigenvalue weighted by atomic mass is 10.2. The van der Waals surface area contributed by atoms with E-state index in [1.165, 1.54) is 4.90 Å². The van der Waals surface area contributed by atoms with Gasteiger partial charge in [0, 0.05) is 5.03 Å². The molecule has 0 radical (unpaired) electrons. The van der Waals surface area contributed by atoms with Crippen LogP contribution in [0.1, 0.15) is 12.5 Å². The number of ether oxygens (including phenoxy) is 1. The minimum absolute atomic E-state index is 0.251. The first-order chi connectivity index (χ1) is 12.6. The number of amides is 1. The van der Waals surface area contributed by atoms with Gasteiger partial charge in [-0.05, 0) is 61.1 Å². The molecule has 2 aromatic carbocycles. The van der Waals surface area contributed by atoms with E-state index in [4.69, 9.17) is 28.6 Å². The van der Waals surface area contributed by atoms with E-state index in [0.29, 0.717) is 28.1 Å². The fourth-order valence-electron chi connectivity index (χ4n) is 2.52. The summed E-state index contributed by atoms with van der Waals surface area (Å²) in [5.74, 6) is 0.491. The molecule has 1 fully saturated rings. The lowest BCUT2D eigenvalue weighted by Gasteiger charge is -2.14. The van der Waals surface area contributed by atoms with E-state index >= 15 is 0 Å². The number of anilines is 1. The highest BCUT2D eigenvalue weighted by Gasteiger charge is 2.32. The Morgan fingerprint density at radius 3 is 2.54 bits per heavy atom. The Balaban J connectivity index is 1.81. The van der Waals surface area contributed by atoms with Crippen molar-refractivity contribution in [3.63, 3.8) is 0 Å². The molecule has 1 heterocycles. The van der Waals surface area contributed by atoms with Gasteiger partial charge in [0.15, 0.2) is 5.11 Å². The molecular weight excluding hydrogens is 368 g/mol. The summed E-state index contributed by atoms with van der Waals surface area (Å²) in [5, 5.41) is 3.67. The number of rotatable bonds is 5. The molecule has 0 aromatic heterocycles. The molecule has 1 aliphatic rings. The van der Waals surface area contributed by atoms with E-state index in [9.17, 15) is 4.79 Å². The van der Waals surface area contributed by atoms with Gasteiger partial charge < -0.3 is 10.1 Å². The van der Waals surface area contributed by atoms with Crippen LogP contribution >= 0.6 is 23.8 Å². The van der Waals surface area contributed by atoms with Crippen molar-refractivity contribution in [2.45, 2.75) is 6.92 Å². The van der Waals surface area contributed by atoms with E-state index < -0.39 is 0 Å². The highest BCUT2D eigenvalue weighted by molar-refractivity contribution is 7.80. The van der Waals surface area contributed by atoms with Crippen LogP contribution in [0.15, 0.2) is 71.4 Å². The van der Waals surface area contributed by atoms with Gasteiger partial charge in [-0.3, -0.25) is 9.69 Å². The zero-order valence-corrected chi connectivity index (χ0v) is 15.7. The van der Waals surface area contributed by atoms with Crippen molar-refractivity contribution in [1.82, 2.24) is 5.32 Å². The predicted octanol–water partition coefficient (Wildman–Crippen LogP) is 4.47. The largest absolute Gasteiger partial charge is 0.494 e. The molecule has 4 nitrogen and oxygen atoms in total. The molecule has 1 aliphatic heterocycles. The topological polar surface area (TPSA) is 41.6 Å². The van der Waals surface area contributed by atoms with E-state index in [-0.39, 0.29) is 5.91 Å². The van der Waals surface area contributed by atoms with Crippen LogP contribution in [0, 0.1) is 0 Å². The van der Waals surface area contributed by atoms with E-state index in [0.717, 1.165) is 11.3 Å². The van der Waals surface area contributed by atoms with Crippen molar-refractivity contribution in [3.05, 3.63) is 77.0 Å². The highest BCUT2D eigenvalue weighted by Crippen LogP contribution is 2.25. The maximum absolute atomic E-state index is 12.7. The van der Waals surface area contributed by atoms with Gasteiger partial charge >= 0.3 is 0 Å². The molecular formula is C20H17ClN2O2S. The van der Waals surface area contributed by atoms with E-state index in [2.05, 4.69) is 5.32 Å². The van der Waals surface area contributed by atoms with Crippen molar-refractivity contribution < 1.29 is 9.53 Å². The number of benzene rings is 2. The Morgan fingerprint density at radius 1 is 1.19 bits per heavy atom. The number of hydrogen-bond donors (Lipinski definition) is 1. The Morgan fingerprint density at radius 2 is 1.88 bits per heavy atom. The van der Waals surface area contributed by atoms with Crippen LogP contribution in [0.3, 0.4) is 0 Å². The van der Waals surface area contributed by atoms with Crippen molar-refractivity contribution in [3.8, 4) is 5.75 Å². The maximum Gasteiger partial charge on any atom is 0.281 e. The zero-order chi connectivity index (χ0) is 18.5. The minimum atomic E-state index is -0.251. The first-order valence-electron chi connectivity index (χ1n) is 8.10. The lowest BCUT2D eigenvalue weighted by Crippen LogP contribution is -2.30. The van der Waals surface area contributed by atoms with Gasteiger partial charge in [0.25, 0.3) is 5.91 Å². The molecule has 1 amide bonds. The zero-order valence-electron chi connectivity index (χ0n) is 14.1. The van der Waals surface area contributed by atoms with Crippen LogP contribution < -0.4 is 15.0 Å². The summed E-state index contributed by atoms with van der Waals surface area (Å²) in [4.78, 5) is 14.1. The quantitative estimate of drug-likeness (QED) is 0.610. The van der Waals surface area contributed by atoms with Gasteiger partial charge in [0.05, 0.1) is 12.3 Å². The van der Waals surface area contributed by atoms with Gasteiger partial charge in [0.2, 0.25) is 0 Å². The molecule has 0 unspecified atom stereocenters. The van der Waals surface area contributed by atoms with E-state index in [1.54, 1.807) is 36.4 Å². The van der Waals surface area contributed by atoms with Gasteiger partial charge in [-0.15, -0.1) is 0 Å². The highest BCUT2D eigenvalue weighted by atomic mass is 35.5. The first-order valence-corrected chi connectivity index (χ1v) is 8.89. The Hall–Kier alpha value is -2.63. The Bertz CT molecular complexity index is 876. The smallest absolute Gasteiger partial charge is 0.281 e. The Labute approximate surface area is 162 Å². The molecule has 2 aromatic rings. The van der Waals surface area contributed by atoms with E-state index in [1.807, 2.05) is 37.3 Å². The summed E-state index contributed by atoms with van der Waals surface area (Å²) in [6.07, 6.45) is 3.36. The molecule has 0 saturated carbocycles. The molecule has 0 aliphatic carbocycles.